The van der Waals surface area contributed by atoms with Gasteiger partial charge in [0.2, 0.25) is 5.91 Å². The van der Waals surface area contributed by atoms with E-state index in [4.69, 9.17) is 0 Å². The van der Waals surface area contributed by atoms with Gasteiger partial charge in [-0.2, -0.15) is 5.10 Å². The molecule has 0 saturated carbocycles. The summed E-state index contributed by atoms with van der Waals surface area (Å²) in [4.78, 5) is 28.0. The number of piperidine rings is 1. The molecule has 160 valence electrons. The van der Waals surface area contributed by atoms with Crippen molar-refractivity contribution in [3.8, 4) is 0 Å². The van der Waals surface area contributed by atoms with Crippen LogP contribution < -0.4 is 10.2 Å². The molecule has 3 amide bonds. The molecule has 0 aliphatic carbocycles. The van der Waals surface area contributed by atoms with E-state index in [1.165, 1.54) is 0 Å². The van der Waals surface area contributed by atoms with E-state index in [-0.39, 0.29) is 11.9 Å². The van der Waals surface area contributed by atoms with Gasteiger partial charge in [0.1, 0.15) is 0 Å². The summed E-state index contributed by atoms with van der Waals surface area (Å²) >= 11 is 0. The predicted molar refractivity (Wildman–Crippen MR) is 118 cm³/mol. The monoisotopic (exact) mass is 419 g/mol. The zero-order chi connectivity index (χ0) is 21.6. The number of rotatable bonds is 2. The summed E-state index contributed by atoms with van der Waals surface area (Å²) in [5, 5.41) is 22.1. The Morgan fingerprint density at radius 2 is 1.90 bits per heavy atom. The summed E-state index contributed by atoms with van der Waals surface area (Å²) in [6.07, 6.45) is 1.71. The number of amides is 3. The second kappa shape index (κ2) is 7.39. The van der Waals surface area contributed by atoms with Gasteiger partial charge in [0, 0.05) is 37.6 Å². The minimum atomic E-state index is -0.978. The van der Waals surface area contributed by atoms with Crippen molar-refractivity contribution in [3.05, 3.63) is 53.6 Å². The molecule has 3 aromatic rings. The Bertz CT molecular complexity index is 1160. The number of hydrogen-bond donors (Lipinski definition) is 3. The highest BCUT2D eigenvalue weighted by Gasteiger charge is 2.36. The molecule has 1 saturated heterocycles. The fraction of sp³-hybridized carbons (Fsp3) is 0.348. The number of carbonyl (C=O) groups excluding carboxylic acids is 2. The van der Waals surface area contributed by atoms with Gasteiger partial charge in [-0.3, -0.25) is 15.2 Å². The number of aliphatic hydroxyl groups is 1. The first kappa shape index (κ1) is 19.6. The van der Waals surface area contributed by atoms with Crippen LogP contribution in [0.5, 0.6) is 0 Å². The van der Waals surface area contributed by atoms with Gasteiger partial charge in [-0.05, 0) is 48.6 Å². The largest absolute Gasteiger partial charge is 0.385 e. The molecule has 3 N–H and O–H groups in total. The van der Waals surface area contributed by atoms with Crippen LogP contribution in [-0.2, 0) is 16.8 Å². The normalized spacial score (nSPS) is 17.6. The highest BCUT2D eigenvalue weighted by molar-refractivity contribution is 5.99. The number of H-pyrrole nitrogens is 1. The van der Waals surface area contributed by atoms with E-state index in [0.29, 0.717) is 38.3 Å². The number of nitrogens with zero attached hydrogens (tertiary/aromatic N) is 3. The second-order valence-corrected chi connectivity index (χ2v) is 8.33. The van der Waals surface area contributed by atoms with Crippen molar-refractivity contribution in [1.82, 2.24) is 15.1 Å². The summed E-state index contributed by atoms with van der Waals surface area (Å²) in [5.41, 5.74) is 2.77. The molecule has 2 aliphatic heterocycles. The molecule has 2 aliphatic rings. The summed E-state index contributed by atoms with van der Waals surface area (Å²) < 4.78 is 0. The second-order valence-electron chi connectivity index (χ2n) is 8.33. The van der Waals surface area contributed by atoms with Gasteiger partial charge in [-0.25, -0.2) is 4.79 Å². The van der Waals surface area contributed by atoms with Crippen LogP contribution in [0.2, 0.25) is 0 Å². The number of likely N-dealkylation sites (tertiary alicyclic amines) is 1. The first-order valence-electron chi connectivity index (χ1n) is 10.6. The average molecular weight is 419 g/mol. The molecule has 2 aromatic carbocycles. The van der Waals surface area contributed by atoms with Crippen molar-refractivity contribution in [2.45, 2.75) is 31.8 Å². The van der Waals surface area contributed by atoms with E-state index in [2.05, 4.69) is 15.5 Å². The third-order valence-electron chi connectivity index (χ3n) is 6.47. The third kappa shape index (κ3) is 3.42. The quantitative estimate of drug-likeness (QED) is 0.594. The first-order valence-corrected chi connectivity index (χ1v) is 10.6. The lowest BCUT2D eigenvalue weighted by atomic mass is 9.83. The Morgan fingerprint density at radius 1 is 1.13 bits per heavy atom. The van der Waals surface area contributed by atoms with Crippen LogP contribution in [0.1, 0.15) is 30.9 Å². The van der Waals surface area contributed by atoms with Gasteiger partial charge in [0.15, 0.2) is 5.82 Å². The van der Waals surface area contributed by atoms with Crippen LogP contribution in [0.4, 0.5) is 16.3 Å². The number of para-hydroxylation sites is 1. The number of benzene rings is 2. The van der Waals surface area contributed by atoms with Gasteiger partial charge in [0.25, 0.3) is 0 Å². The molecular formula is C23H25N5O3. The fourth-order valence-electron chi connectivity index (χ4n) is 4.63. The van der Waals surface area contributed by atoms with E-state index in [1.54, 1.807) is 16.7 Å². The lowest BCUT2D eigenvalue weighted by Gasteiger charge is -2.38. The maximum atomic E-state index is 12.8. The standard InChI is InChI=1S/C23H25N5O3/c1-15(29)28-11-8-16-14-17(6-7-20(16)28)23(31)9-12-27(13-10-23)22(30)24-21-18-4-2-3-5-19(18)25-26-21/h2-7,14,31H,8-13H2,1H3,(H2,24,25,26,30). The lowest BCUT2D eigenvalue weighted by molar-refractivity contribution is -0.116. The Labute approximate surface area is 179 Å². The number of carbonyl (C=O) groups is 2. The Hall–Kier alpha value is -3.39. The van der Waals surface area contributed by atoms with Crippen LogP contribution in [0.25, 0.3) is 10.9 Å². The summed E-state index contributed by atoms with van der Waals surface area (Å²) in [6, 6.07) is 13.3. The number of fused-ring (bicyclic) bond motifs is 2. The van der Waals surface area contributed by atoms with Gasteiger partial charge >= 0.3 is 6.03 Å². The Kier molecular flexibility index (Phi) is 4.66. The van der Waals surface area contributed by atoms with Gasteiger partial charge in [0.05, 0.1) is 11.1 Å². The maximum absolute atomic E-state index is 12.8. The van der Waals surface area contributed by atoms with Gasteiger partial charge in [-0.1, -0.05) is 24.3 Å². The molecule has 0 radical (unpaired) electrons. The predicted octanol–water partition coefficient (Wildman–Crippen LogP) is 2.99. The molecule has 5 rings (SSSR count). The van der Waals surface area contributed by atoms with Crippen LogP contribution in [0.15, 0.2) is 42.5 Å². The summed E-state index contributed by atoms with van der Waals surface area (Å²) in [7, 11) is 0. The molecule has 0 spiro atoms. The molecule has 0 bridgehead atoms. The first-order chi connectivity index (χ1) is 14.9. The molecule has 1 aromatic heterocycles. The number of hydrogen-bond acceptors (Lipinski definition) is 4. The van der Waals surface area contributed by atoms with E-state index >= 15 is 0 Å². The topological polar surface area (TPSA) is 102 Å². The van der Waals surface area contributed by atoms with E-state index in [1.807, 2.05) is 42.5 Å². The average Bonchev–Trinajstić information content (AvgIpc) is 3.38. The van der Waals surface area contributed by atoms with Crippen LogP contribution in [-0.4, -0.2) is 51.8 Å². The molecule has 1 fully saturated rings. The SMILES string of the molecule is CC(=O)N1CCc2cc(C3(O)CCN(C(=O)Nc4n[nH]c5ccccc45)CC3)ccc21. The Morgan fingerprint density at radius 3 is 2.68 bits per heavy atom. The van der Waals surface area contributed by atoms with Crippen molar-refractivity contribution in [3.63, 3.8) is 0 Å². The minimum Gasteiger partial charge on any atom is -0.385 e. The molecule has 3 heterocycles. The third-order valence-corrected chi connectivity index (χ3v) is 6.47. The van der Waals surface area contributed by atoms with Gasteiger partial charge in [-0.15, -0.1) is 0 Å². The number of nitrogens with one attached hydrogen (secondary N) is 2. The highest BCUT2D eigenvalue weighted by Crippen LogP contribution is 2.37. The number of anilines is 2. The Balaban J connectivity index is 1.26. The van der Waals surface area contributed by atoms with Crippen molar-refractivity contribution >= 4 is 34.3 Å². The fourth-order valence-corrected chi connectivity index (χ4v) is 4.63. The number of aromatic amines is 1. The minimum absolute atomic E-state index is 0.0363. The van der Waals surface area contributed by atoms with Crippen LogP contribution in [0.3, 0.4) is 0 Å². The van der Waals surface area contributed by atoms with Crippen molar-refractivity contribution in [2.24, 2.45) is 0 Å². The summed E-state index contributed by atoms with van der Waals surface area (Å²) in [6.45, 7) is 3.15. The molecular weight excluding hydrogens is 394 g/mol. The van der Waals surface area contributed by atoms with Crippen LogP contribution in [0, 0.1) is 0 Å². The maximum Gasteiger partial charge on any atom is 0.323 e. The summed E-state index contributed by atoms with van der Waals surface area (Å²) in [5.74, 6) is 0.546. The molecule has 31 heavy (non-hydrogen) atoms. The van der Waals surface area contributed by atoms with Crippen LogP contribution >= 0.6 is 0 Å². The molecule has 0 atom stereocenters. The van der Waals surface area contributed by atoms with Crippen molar-refractivity contribution in [2.75, 3.05) is 29.9 Å². The lowest BCUT2D eigenvalue weighted by Crippen LogP contribution is -2.46. The number of urea groups is 1. The molecule has 8 heteroatoms. The number of aromatic nitrogens is 2. The van der Waals surface area contributed by atoms with E-state index in [9.17, 15) is 14.7 Å². The highest BCUT2D eigenvalue weighted by atomic mass is 16.3. The van der Waals surface area contributed by atoms with Gasteiger partial charge < -0.3 is 14.9 Å². The zero-order valence-electron chi connectivity index (χ0n) is 17.4. The molecule has 0 unspecified atom stereocenters. The van der Waals surface area contributed by atoms with Crippen molar-refractivity contribution in [1.29, 1.82) is 0 Å². The zero-order valence-corrected chi connectivity index (χ0v) is 17.4. The molecule has 8 nitrogen and oxygen atoms in total. The van der Waals surface area contributed by atoms with E-state index < -0.39 is 5.60 Å². The van der Waals surface area contributed by atoms with Crippen molar-refractivity contribution < 1.29 is 14.7 Å². The smallest absolute Gasteiger partial charge is 0.323 e. The van der Waals surface area contributed by atoms with E-state index in [0.717, 1.165) is 34.1 Å².